The van der Waals surface area contributed by atoms with Crippen LogP contribution in [0.5, 0.6) is 5.75 Å². The van der Waals surface area contributed by atoms with E-state index in [0.717, 1.165) is 12.1 Å². The van der Waals surface area contributed by atoms with Gasteiger partial charge in [0.1, 0.15) is 14.0 Å². The van der Waals surface area contributed by atoms with Gasteiger partial charge < -0.3 is 9.08 Å². The maximum atomic E-state index is 13.9. The molecule has 5 nitrogen and oxygen atoms in total. The molecule has 0 radical (unpaired) electrons. The van der Waals surface area contributed by atoms with Crippen molar-refractivity contribution in [3.63, 3.8) is 0 Å². The van der Waals surface area contributed by atoms with Gasteiger partial charge in [-0.2, -0.15) is 65.5 Å². The van der Waals surface area contributed by atoms with Crippen LogP contribution in [-0.2, 0) is 16.3 Å². The van der Waals surface area contributed by atoms with Gasteiger partial charge in [-0.25, -0.2) is 0 Å². The summed E-state index contributed by atoms with van der Waals surface area (Å²) in [5.74, 6) is -33.8. The van der Waals surface area contributed by atoms with Crippen molar-refractivity contribution in [2.75, 3.05) is 14.1 Å². The van der Waals surface area contributed by atoms with Gasteiger partial charge in [0, 0.05) is 6.16 Å². The smallest absolute Gasteiger partial charge is 0.378 e. The number of halogens is 13. The summed E-state index contributed by atoms with van der Waals surface area (Å²) >= 11 is 0. The Kier molecular flexibility index (Phi) is 8.42. The molecule has 1 atom stereocenters. The molecule has 0 aliphatic rings. The SMILES string of the molecule is CN(C)P(O)Cc1ccc(OS(=O)(=O)C(F)(F)C(F)(F)C(F)(F)C(F)(F)C(F)(F)C(F)(F)F)cc1. The van der Waals surface area contributed by atoms with Crippen LogP contribution >= 0.6 is 8.30 Å². The minimum Gasteiger partial charge on any atom is -0.378 e. The Hall–Kier alpha value is -1.59. The number of alkyl halides is 13. The van der Waals surface area contributed by atoms with E-state index in [9.17, 15) is 70.4 Å². The number of rotatable bonds is 10. The molecule has 20 heteroatoms. The van der Waals surface area contributed by atoms with Crippen LogP contribution in [0.2, 0.25) is 0 Å². The van der Waals surface area contributed by atoms with Gasteiger partial charge in [-0.3, -0.25) is 4.67 Å². The highest BCUT2D eigenvalue weighted by atomic mass is 32.2. The van der Waals surface area contributed by atoms with Crippen molar-refractivity contribution in [1.82, 2.24) is 4.67 Å². The van der Waals surface area contributed by atoms with Gasteiger partial charge in [0.05, 0.1) is 0 Å². The lowest BCUT2D eigenvalue weighted by atomic mass is 9.98. The van der Waals surface area contributed by atoms with Gasteiger partial charge in [0.25, 0.3) is 0 Å². The molecule has 0 spiro atoms. The molecular formula is C15H13F13NO4PS. The Labute approximate surface area is 189 Å². The number of nitrogens with zero attached hydrogens (tertiary/aromatic N) is 1. The van der Waals surface area contributed by atoms with Crippen LogP contribution in [0.1, 0.15) is 5.56 Å². The molecule has 0 saturated carbocycles. The van der Waals surface area contributed by atoms with Gasteiger partial charge in [-0.05, 0) is 31.8 Å². The molecule has 0 aliphatic heterocycles. The number of hydrogen-bond acceptors (Lipinski definition) is 5. The first-order valence-electron chi connectivity index (χ1n) is 8.40. The fourth-order valence-corrected chi connectivity index (χ4v) is 3.78. The third kappa shape index (κ3) is 5.27. The highest BCUT2D eigenvalue weighted by Gasteiger charge is 2.93. The van der Waals surface area contributed by atoms with E-state index in [1.54, 1.807) is 0 Å². The maximum Gasteiger partial charge on any atom is 0.460 e. The molecule has 1 aromatic rings. The Bertz CT molecular complexity index is 997. The first-order valence-corrected chi connectivity index (χ1v) is 11.2. The summed E-state index contributed by atoms with van der Waals surface area (Å²) in [6.45, 7) is 0. The van der Waals surface area contributed by atoms with E-state index in [1.807, 2.05) is 0 Å². The minimum absolute atomic E-state index is 0.0989. The summed E-state index contributed by atoms with van der Waals surface area (Å²) in [5, 5.41) is -7.45. The predicted octanol–water partition coefficient (Wildman–Crippen LogP) is 5.46. The van der Waals surface area contributed by atoms with Crippen LogP contribution in [0, 0.1) is 0 Å². The standard InChI is InChI=1S/C15H13F13NO4PS/c1-29(2)34(30)7-8-3-5-9(6-4-8)33-35(31,32)15(27,28)13(22,23)11(18,19)10(16,17)12(20,21)14(24,25)26/h3-6,30H,7H2,1-2H3. The average Bonchev–Trinajstić information content (AvgIpc) is 2.67. The second kappa shape index (κ2) is 9.37. The van der Waals surface area contributed by atoms with Crippen molar-refractivity contribution < 1.29 is 74.6 Å². The molecule has 0 bridgehead atoms. The van der Waals surface area contributed by atoms with Crippen LogP contribution in [0.25, 0.3) is 0 Å². The van der Waals surface area contributed by atoms with Gasteiger partial charge in [-0.15, -0.1) is 0 Å². The summed E-state index contributed by atoms with van der Waals surface area (Å²) in [6, 6.07) is 2.76. The molecule has 0 saturated heterocycles. The fraction of sp³-hybridized carbons (Fsp3) is 0.600. The van der Waals surface area contributed by atoms with Crippen LogP contribution in [0.3, 0.4) is 0 Å². The van der Waals surface area contributed by atoms with E-state index in [1.165, 1.54) is 18.8 Å². The largest absolute Gasteiger partial charge is 0.460 e. The first kappa shape index (κ1) is 31.4. The van der Waals surface area contributed by atoms with Crippen molar-refractivity contribution in [2.45, 2.75) is 41.3 Å². The van der Waals surface area contributed by atoms with E-state index in [-0.39, 0.29) is 11.7 Å². The van der Waals surface area contributed by atoms with E-state index in [2.05, 4.69) is 4.18 Å². The van der Waals surface area contributed by atoms with E-state index in [4.69, 9.17) is 0 Å². The second-order valence-electron chi connectivity index (χ2n) is 6.87. The maximum absolute atomic E-state index is 13.9. The summed E-state index contributed by atoms with van der Waals surface area (Å²) in [4.78, 5) is 9.71. The first-order chi connectivity index (χ1) is 15.3. The summed E-state index contributed by atoms with van der Waals surface area (Å²) in [7, 11) is -6.27. The quantitative estimate of drug-likeness (QED) is 0.226. The molecule has 35 heavy (non-hydrogen) atoms. The van der Waals surface area contributed by atoms with Crippen molar-refractivity contribution in [1.29, 1.82) is 0 Å². The lowest BCUT2D eigenvalue weighted by molar-refractivity contribution is -0.433. The predicted molar refractivity (Wildman–Crippen MR) is 93.3 cm³/mol. The molecule has 1 rings (SSSR count). The van der Waals surface area contributed by atoms with Crippen LogP contribution in [-0.4, -0.2) is 67.2 Å². The minimum atomic E-state index is -8.27. The molecular weight excluding hydrogens is 568 g/mol. The highest BCUT2D eigenvalue weighted by molar-refractivity contribution is 7.88. The highest BCUT2D eigenvalue weighted by Crippen LogP contribution is 2.61. The van der Waals surface area contributed by atoms with Crippen molar-refractivity contribution in [3.05, 3.63) is 29.8 Å². The molecule has 0 aromatic heterocycles. The Morgan fingerprint density at radius 2 is 1.17 bits per heavy atom. The van der Waals surface area contributed by atoms with Gasteiger partial charge >= 0.3 is 45.2 Å². The van der Waals surface area contributed by atoms with Gasteiger partial charge in [0.2, 0.25) is 0 Å². The van der Waals surface area contributed by atoms with Gasteiger partial charge in [-0.1, -0.05) is 12.1 Å². The van der Waals surface area contributed by atoms with Crippen LogP contribution in [0.4, 0.5) is 57.1 Å². The Morgan fingerprint density at radius 1 is 0.771 bits per heavy atom. The van der Waals surface area contributed by atoms with Crippen LogP contribution < -0.4 is 4.18 Å². The Morgan fingerprint density at radius 3 is 1.54 bits per heavy atom. The normalized spacial score (nSPS) is 15.9. The molecule has 1 unspecified atom stereocenters. The third-order valence-electron chi connectivity index (χ3n) is 4.13. The van der Waals surface area contributed by atoms with Crippen molar-refractivity contribution in [2.24, 2.45) is 0 Å². The zero-order valence-corrected chi connectivity index (χ0v) is 18.6. The van der Waals surface area contributed by atoms with Crippen LogP contribution in [0.15, 0.2) is 24.3 Å². The van der Waals surface area contributed by atoms with Crippen molar-refractivity contribution >= 4 is 18.4 Å². The van der Waals surface area contributed by atoms with E-state index in [0.29, 0.717) is 12.1 Å². The summed E-state index contributed by atoms with van der Waals surface area (Å²) in [5.41, 5.74) is 0.190. The third-order valence-corrected chi connectivity index (χ3v) is 7.00. The summed E-state index contributed by atoms with van der Waals surface area (Å²) in [6.07, 6.45) is -7.72. The lowest BCUT2D eigenvalue weighted by Crippen LogP contribution is -2.71. The van der Waals surface area contributed by atoms with Crippen molar-refractivity contribution in [3.8, 4) is 5.75 Å². The zero-order valence-electron chi connectivity index (χ0n) is 16.9. The van der Waals surface area contributed by atoms with E-state index < -0.39 is 59.3 Å². The monoisotopic (exact) mass is 581 g/mol. The molecule has 1 N–H and O–H groups in total. The number of hydrogen-bond donors (Lipinski definition) is 1. The Balaban J connectivity index is 3.37. The lowest BCUT2D eigenvalue weighted by Gasteiger charge is -2.38. The number of benzene rings is 1. The molecule has 0 fully saturated rings. The van der Waals surface area contributed by atoms with Gasteiger partial charge in [0.15, 0.2) is 0 Å². The average molecular weight is 581 g/mol. The van der Waals surface area contributed by atoms with E-state index >= 15 is 0 Å². The summed E-state index contributed by atoms with van der Waals surface area (Å²) < 4.78 is 198. The second-order valence-corrected chi connectivity index (χ2v) is 10.3. The molecule has 0 aliphatic carbocycles. The molecule has 0 heterocycles. The molecule has 0 amide bonds. The zero-order chi connectivity index (χ0) is 28.1. The molecule has 204 valence electrons. The molecule has 1 aromatic carbocycles. The fourth-order valence-electron chi connectivity index (χ4n) is 2.05. The topological polar surface area (TPSA) is 66.8 Å².